The molecule has 1 aliphatic rings. The molecule has 6 nitrogen and oxygen atoms in total. The van der Waals surface area contributed by atoms with Crippen LogP contribution in [0, 0.1) is 11.3 Å². The van der Waals surface area contributed by atoms with E-state index in [0.29, 0.717) is 6.42 Å². The highest BCUT2D eigenvalue weighted by Gasteiger charge is 2.36. The molecule has 0 spiro atoms. The molecule has 1 unspecified atom stereocenters. The fourth-order valence-corrected chi connectivity index (χ4v) is 10.9. The van der Waals surface area contributed by atoms with Crippen molar-refractivity contribution in [1.82, 2.24) is 0 Å². The zero-order chi connectivity index (χ0) is 51.8. The largest absolute Gasteiger partial charge is 0.465 e. The standard InChI is InChI=1S/C66H126O6/c1-2-3-4-5-6-7-8-9-10-11-12-13-14-15-16-17-18-19-20-21-22-23-24-25-26-27-28-29-30-31-32-33-34-35-36-37-38-39-40-41-42-43-44-45-46-47-48-49-50-51-52-53-54-55-56-57-63-58-64(69)71-61-66(59-67,60-68)62-72-65(63)70/h9-10,63,67-68H,2-8,11-62H2,1H3/b10-9+. The SMILES string of the molecule is CCCCCCCC/C=C/CCCCCCCCCCCCCCCCCCCCCCCCCCCCCCCCCCCCCCCCCCCCCCCC1CC(=O)OCC(CO)(CO)COC1=O. The van der Waals surface area contributed by atoms with Crippen molar-refractivity contribution >= 4 is 11.9 Å². The Morgan fingerprint density at radius 2 is 0.597 bits per heavy atom. The molecule has 1 atom stereocenters. The van der Waals surface area contributed by atoms with E-state index in [1.807, 2.05) is 0 Å². The molecule has 0 radical (unpaired) electrons. The Morgan fingerprint density at radius 3 is 0.861 bits per heavy atom. The van der Waals surface area contributed by atoms with E-state index in [2.05, 4.69) is 19.1 Å². The molecule has 1 heterocycles. The number of aliphatic hydroxyl groups is 2. The number of esters is 2. The second-order valence-corrected chi connectivity index (χ2v) is 23.5. The number of cyclic esters (lactones) is 2. The molecule has 1 fully saturated rings. The van der Waals surface area contributed by atoms with Crippen molar-refractivity contribution in [2.45, 2.75) is 360 Å². The molecular weight excluding hydrogens is 889 g/mol. The molecule has 1 rings (SSSR count). The molecule has 0 amide bonds. The molecule has 0 aliphatic carbocycles. The fraction of sp³-hybridized carbons (Fsp3) is 0.939. The van der Waals surface area contributed by atoms with Gasteiger partial charge in [0.2, 0.25) is 0 Å². The minimum absolute atomic E-state index is 0.00519. The molecule has 0 saturated carbocycles. The monoisotopic (exact) mass is 1010 g/mol. The summed E-state index contributed by atoms with van der Waals surface area (Å²) in [6, 6.07) is 0. The minimum atomic E-state index is -1.12. The van der Waals surface area contributed by atoms with Gasteiger partial charge in [-0.1, -0.05) is 334 Å². The molecule has 0 aromatic heterocycles. The number of carbonyl (C=O) groups is 2. The maximum Gasteiger partial charge on any atom is 0.309 e. The Bertz CT molecular complexity index is 1130. The van der Waals surface area contributed by atoms with Gasteiger partial charge < -0.3 is 19.7 Å². The van der Waals surface area contributed by atoms with Crippen LogP contribution in [0.5, 0.6) is 0 Å². The molecule has 1 saturated heterocycles. The number of unbranched alkanes of at least 4 members (excludes halogenated alkanes) is 51. The third kappa shape index (κ3) is 47.1. The second-order valence-electron chi connectivity index (χ2n) is 23.5. The van der Waals surface area contributed by atoms with E-state index < -0.39 is 36.5 Å². The van der Waals surface area contributed by atoms with Crippen molar-refractivity contribution in [1.29, 1.82) is 0 Å². The average Bonchev–Trinajstić information content (AvgIpc) is 3.45. The zero-order valence-corrected chi connectivity index (χ0v) is 48.5. The van der Waals surface area contributed by atoms with Crippen LogP contribution in [0.1, 0.15) is 360 Å². The molecule has 2 N–H and O–H groups in total. The Labute approximate surface area is 449 Å². The molecule has 1 aliphatic heterocycles. The summed E-state index contributed by atoms with van der Waals surface area (Å²) in [5.74, 6) is -1.40. The number of hydrogen-bond donors (Lipinski definition) is 2. The van der Waals surface area contributed by atoms with Crippen LogP contribution >= 0.6 is 0 Å². The maximum absolute atomic E-state index is 12.5. The number of rotatable bonds is 57. The summed E-state index contributed by atoms with van der Waals surface area (Å²) in [5, 5.41) is 19.2. The van der Waals surface area contributed by atoms with E-state index in [9.17, 15) is 19.8 Å². The lowest BCUT2D eigenvalue weighted by Gasteiger charge is -2.27. The third-order valence-electron chi connectivity index (χ3n) is 16.3. The van der Waals surface area contributed by atoms with Gasteiger partial charge in [-0.15, -0.1) is 0 Å². The molecular formula is C66H126O6. The van der Waals surface area contributed by atoms with Crippen LogP contribution < -0.4 is 0 Å². The summed E-state index contributed by atoms with van der Waals surface area (Å²) >= 11 is 0. The molecule has 72 heavy (non-hydrogen) atoms. The van der Waals surface area contributed by atoms with E-state index in [-0.39, 0.29) is 19.6 Å². The number of hydrogen-bond acceptors (Lipinski definition) is 6. The zero-order valence-electron chi connectivity index (χ0n) is 48.5. The van der Waals surface area contributed by atoms with Gasteiger partial charge in [-0.2, -0.15) is 0 Å². The lowest BCUT2D eigenvalue weighted by molar-refractivity contribution is -0.155. The first-order valence-corrected chi connectivity index (χ1v) is 32.8. The Kier molecular flexibility index (Phi) is 53.2. The van der Waals surface area contributed by atoms with Crippen LogP contribution in [0.3, 0.4) is 0 Å². The van der Waals surface area contributed by atoms with Crippen molar-refractivity contribution in [3.63, 3.8) is 0 Å². The van der Waals surface area contributed by atoms with Gasteiger partial charge in [0.25, 0.3) is 0 Å². The van der Waals surface area contributed by atoms with Crippen molar-refractivity contribution in [3.05, 3.63) is 12.2 Å². The quantitative estimate of drug-likeness (QED) is 0.0358. The average molecular weight is 1020 g/mol. The lowest BCUT2D eigenvalue weighted by Crippen LogP contribution is -2.40. The number of aliphatic hydroxyl groups excluding tert-OH is 2. The molecule has 0 aromatic rings. The molecule has 0 bridgehead atoms. The highest BCUT2D eigenvalue weighted by molar-refractivity contribution is 5.80. The molecule has 0 aromatic carbocycles. The van der Waals surface area contributed by atoms with Gasteiger partial charge in [-0.3, -0.25) is 9.59 Å². The van der Waals surface area contributed by atoms with Crippen LogP contribution in [-0.2, 0) is 19.1 Å². The van der Waals surface area contributed by atoms with Gasteiger partial charge in [0.1, 0.15) is 13.2 Å². The third-order valence-corrected chi connectivity index (χ3v) is 16.3. The van der Waals surface area contributed by atoms with E-state index in [4.69, 9.17) is 9.47 Å². The van der Waals surface area contributed by atoms with Crippen molar-refractivity contribution in [3.8, 4) is 0 Å². The van der Waals surface area contributed by atoms with Crippen molar-refractivity contribution in [2.24, 2.45) is 11.3 Å². The fourth-order valence-electron chi connectivity index (χ4n) is 10.9. The van der Waals surface area contributed by atoms with Crippen LogP contribution in [-0.4, -0.2) is 48.6 Å². The van der Waals surface area contributed by atoms with Gasteiger partial charge in [-0.05, 0) is 32.1 Å². The number of allylic oxidation sites excluding steroid dienone is 2. The first kappa shape index (κ1) is 68.6. The van der Waals surface area contributed by atoms with E-state index >= 15 is 0 Å². The van der Waals surface area contributed by atoms with Gasteiger partial charge >= 0.3 is 11.9 Å². The predicted octanol–water partition coefficient (Wildman–Crippen LogP) is 20.7. The van der Waals surface area contributed by atoms with Gasteiger partial charge in [0.05, 0.1) is 31.0 Å². The van der Waals surface area contributed by atoms with Crippen LogP contribution in [0.2, 0.25) is 0 Å². The maximum atomic E-state index is 12.5. The number of ether oxygens (including phenoxy) is 2. The lowest BCUT2D eigenvalue weighted by atomic mass is 9.92. The summed E-state index contributed by atoms with van der Waals surface area (Å²) in [6.45, 7) is 1.20. The first-order valence-electron chi connectivity index (χ1n) is 32.8. The molecule has 426 valence electrons. The predicted molar refractivity (Wildman–Crippen MR) is 311 cm³/mol. The molecule has 6 heteroatoms. The van der Waals surface area contributed by atoms with Crippen molar-refractivity contribution < 1.29 is 29.3 Å². The van der Waals surface area contributed by atoms with Gasteiger partial charge in [-0.25, -0.2) is 0 Å². The highest BCUT2D eigenvalue weighted by atomic mass is 16.6. The summed E-state index contributed by atoms with van der Waals surface area (Å²) in [5.41, 5.74) is -1.12. The van der Waals surface area contributed by atoms with E-state index in [1.165, 1.54) is 321 Å². The topological polar surface area (TPSA) is 93.1 Å². The number of carbonyl (C=O) groups excluding carboxylic acids is 2. The highest BCUT2D eigenvalue weighted by Crippen LogP contribution is 2.25. The minimum Gasteiger partial charge on any atom is -0.465 e. The van der Waals surface area contributed by atoms with Gasteiger partial charge in [0, 0.05) is 0 Å². The normalized spacial score (nSPS) is 15.2. The Morgan fingerprint density at radius 1 is 0.361 bits per heavy atom. The summed E-state index contributed by atoms with van der Waals surface area (Å²) in [7, 11) is 0. The van der Waals surface area contributed by atoms with Crippen molar-refractivity contribution in [2.75, 3.05) is 26.4 Å². The van der Waals surface area contributed by atoms with Crippen LogP contribution in [0.15, 0.2) is 12.2 Å². The van der Waals surface area contributed by atoms with Crippen LogP contribution in [0.25, 0.3) is 0 Å². The second kappa shape index (κ2) is 55.8. The summed E-state index contributed by atoms with van der Waals surface area (Å²) in [4.78, 5) is 24.7. The van der Waals surface area contributed by atoms with E-state index in [1.54, 1.807) is 0 Å². The van der Waals surface area contributed by atoms with E-state index in [0.717, 1.165) is 19.3 Å². The summed E-state index contributed by atoms with van der Waals surface area (Å²) < 4.78 is 10.6. The first-order chi connectivity index (χ1) is 35.6. The smallest absolute Gasteiger partial charge is 0.309 e. The summed E-state index contributed by atoms with van der Waals surface area (Å²) in [6.07, 6.45) is 80.2. The Balaban J connectivity index is 1.67. The Hall–Kier alpha value is -1.40. The van der Waals surface area contributed by atoms with Crippen LogP contribution in [0.4, 0.5) is 0 Å². The van der Waals surface area contributed by atoms with Gasteiger partial charge in [0.15, 0.2) is 0 Å².